The second-order valence-electron chi connectivity index (χ2n) is 6.01. The lowest BCUT2D eigenvalue weighted by molar-refractivity contribution is 0.482. The van der Waals surface area contributed by atoms with Gasteiger partial charge < -0.3 is 4.74 Å². The topological polar surface area (TPSA) is 55.4 Å². The van der Waals surface area contributed by atoms with Crippen molar-refractivity contribution in [3.8, 4) is 11.5 Å². The van der Waals surface area contributed by atoms with Gasteiger partial charge in [-0.3, -0.25) is 4.72 Å². The van der Waals surface area contributed by atoms with E-state index in [4.69, 9.17) is 4.74 Å². The molecule has 3 rings (SSSR count). The predicted molar refractivity (Wildman–Crippen MR) is 107 cm³/mol. The largest absolute Gasteiger partial charge is 0.457 e. The fourth-order valence-electron chi connectivity index (χ4n) is 2.57. The Morgan fingerprint density at radius 2 is 1.31 bits per heavy atom. The van der Waals surface area contributed by atoms with Crippen LogP contribution in [0.4, 0.5) is 5.69 Å². The van der Waals surface area contributed by atoms with Crippen molar-refractivity contribution < 1.29 is 13.2 Å². The van der Waals surface area contributed by atoms with Gasteiger partial charge in [0.05, 0.1) is 4.90 Å². The van der Waals surface area contributed by atoms with Gasteiger partial charge >= 0.3 is 0 Å². The van der Waals surface area contributed by atoms with Crippen LogP contribution in [0.3, 0.4) is 0 Å². The monoisotopic (exact) mass is 431 g/mol. The fourth-order valence-corrected chi connectivity index (χ4v) is 3.88. The number of hydrogen-bond donors (Lipinski definition) is 1. The molecule has 0 aliphatic carbocycles. The molecular formula is C20H18BrNO3S. The first kappa shape index (κ1) is 18.5. The summed E-state index contributed by atoms with van der Waals surface area (Å²) in [6.45, 7) is 3.86. The van der Waals surface area contributed by atoms with Gasteiger partial charge in [-0.15, -0.1) is 0 Å². The molecule has 1 N–H and O–H groups in total. The zero-order valence-corrected chi connectivity index (χ0v) is 16.8. The molecule has 0 spiro atoms. The standard InChI is InChI=1S/C20H18BrNO3S/c1-14-11-15(2)13-17(12-14)22-26(23,24)20-9-7-19(8-10-20)25-18-5-3-16(21)4-6-18/h3-13,22H,1-2H3. The van der Waals surface area contributed by atoms with Crippen LogP contribution in [0, 0.1) is 13.8 Å². The molecule has 0 amide bonds. The number of hydrogen-bond acceptors (Lipinski definition) is 3. The van der Waals surface area contributed by atoms with Crippen LogP contribution in [0.2, 0.25) is 0 Å². The first-order valence-electron chi connectivity index (χ1n) is 7.96. The highest BCUT2D eigenvalue weighted by atomic mass is 79.9. The van der Waals surface area contributed by atoms with E-state index in [9.17, 15) is 8.42 Å². The van der Waals surface area contributed by atoms with Crippen LogP contribution in [-0.2, 0) is 10.0 Å². The molecule has 0 saturated carbocycles. The third-order valence-electron chi connectivity index (χ3n) is 3.66. The summed E-state index contributed by atoms with van der Waals surface area (Å²) >= 11 is 3.37. The Bertz CT molecular complexity index is 994. The zero-order valence-electron chi connectivity index (χ0n) is 14.4. The van der Waals surface area contributed by atoms with Gasteiger partial charge in [0.15, 0.2) is 0 Å². The number of sulfonamides is 1. The van der Waals surface area contributed by atoms with E-state index < -0.39 is 10.0 Å². The molecule has 0 atom stereocenters. The van der Waals surface area contributed by atoms with E-state index in [-0.39, 0.29) is 4.90 Å². The SMILES string of the molecule is Cc1cc(C)cc(NS(=O)(=O)c2ccc(Oc3ccc(Br)cc3)cc2)c1. The number of ether oxygens (including phenoxy) is 1. The van der Waals surface area contributed by atoms with Crippen molar-refractivity contribution in [1.29, 1.82) is 0 Å². The molecule has 3 aromatic rings. The van der Waals surface area contributed by atoms with E-state index in [0.29, 0.717) is 17.2 Å². The first-order valence-corrected chi connectivity index (χ1v) is 10.2. The summed E-state index contributed by atoms with van der Waals surface area (Å²) < 4.78 is 34.4. The van der Waals surface area contributed by atoms with Crippen LogP contribution in [0.1, 0.15) is 11.1 Å². The summed E-state index contributed by atoms with van der Waals surface area (Å²) in [5.74, 6) is 1.25. The maximum atomic E-state index is 12.6. The van der Waals surface area contributed by atoms with Crippen LogP contribution in [0.25, 0.3) is 0 Å². The Hall–Kier alpha value is -2.31. The Balaban J connectivity index is 1.77. The van der Waals surface area contributed by atoms with E-state index in [2.05, 4.69) is 20.7 Å². The molecule has 0 aromatic heterocycles. The third kappa shape index (κ3) is 4.65. The van der Waals surface area contributed by atoms with Gasteiger partial charge in [0, 0.05) is 10.2 Å². The number of anilines is 1. The number of halogens is 1. The molecule has 3 aromatic carbocycles. The van der Waals surface area contributed by atoms with Crippen LogP contribution in [-0.4, -0.2) is 8.42 Å². The number of nitrogens with one attached hydrogen (secondary N) is 1. The molecule has 0 bridgehead atoms. The van der Waals surface area contributed by atoms with Crippen molar-refractivity contribution >= 4 is 31.6 Å². The maximum Gasteiger partial charge on any atom is 0.261 e. The summed E-state index contributed by atoms with van der Waals surface area (Å²) in [5.41, 5.74) is 2.56. The normalized spacial score (nSPS) is 11.2. The molecule has 0 aliphatic heterocycles. The van der Waals surface area contributed by atoms with Gasteiger partial charge in [-0.2, -0.15) is 0 Å². The Morgan fingerprint density at radius 3 is 1.85 bits per heavy atom. The average molecular weight is 432 g/mol. The fraction of sp³-hybridized carbons (Fsp3) is 0.100. The highest BCUT2D eigenvalue weighted by Crippen LogP contribution is 2.25. The quantitative estimate of drug-likeness (QED) is 0.566. The van der Waals surface area contributed by atoms with Gasteiger partial charge in [-0.25, -0.2) is 8.42 Å². The smallest absolute Gasteiger partial charge is 0.261 e. The van der Waals surface area contributed by atoms with Crippen molar-refractivity contribution in [1.82, 2.24) is 0 Å². The van der Waals surface area contributed by atoms with Crippen molar-refractivity contribution in [2.45, 2.75) is 18.7 Å². The Morgan fingerprint density at radius 1 is 0.808 bits per heavy atom. The van der Waals surface area contributed by atoms with Crippen LogP contribution in [0.15, 0.2) is 76.1 Å². The van der Waals surface area contributed by atoms with Gasteiger partial charge in [0.1, 0.15) is 11.5 Å². The molecule has 0 aliphatic rings. The minimum Gasteiger partial charge on any atom is -0.457 e. The van der Waals surface area contributed by atoms with Gasteiger partial charge in [-0.05, 0) is 85.6 Å². The second kappa shape index (κ2) is 7.51. The average Bonchev–Trinajstić information content (AvgIpc) is 2.56. The van der Waals surface area contributed by atoms with Crippen molar-refractivity contribution in [3.63, 3.8) is 0 Å². The minimum atomic E-state index is -3.65. The summed E-state index contributed by atoms with van der Waals surface area (Å²) in [6, 6.07) is 19.3. The van der Waals surface area contributed by atoms with Crippen molar-refractivity contribution in [2.24, 2.45) is 0 Å². The first-order chi connectivity index (χ1) is 12.3. The highest BCUT2D eigenvalue weighted by molar-refractivity contribution is 9.10. The van der Waals surface area contributed by atoms with Crippen LogP contribution < -0.4 is 9.46 Å². The summed E-state index contributed by atoms with van der Waals surface area (Å²) in [5, 5.41) is 0. The number of rotatable bonds is 5. The molecule has 134 valence electrons. The lowest BCUT2D eigenvalue weighted by Gasteiger charge is -2.11. The van der Waals surface area contributed by atoms with E-state index in [1.807, 2.05) is 44.2 Å². The van der Waals surface area contributed by atoms with E-state index in [1.54, 1.807) is 24.3 Å². The lowest BCUT2D eigenvalue weighted by Crippen LogP contribution is -2.13. The molecule has 4 nitrogen and oxygen atoms in total. The van der Waals surface area contributed by atoms with Crippen molar-refractivity contribution in [2.75, 3.05) is 4.72 Å². The molecule has 0 unspecified atom stereocenters. The third-order valence-corrected chi connectivity index (χ3v) is 5.58. The molecule has 26 heavy (non-hydrogen) atoms. The highest BCUT2D eigenvalue weighted by Gasteiger charge is 2.14. The maximum absolute atomic E-state index is 12.6. The van der Waals surface area contributed by atoms with Crippen molar-refractivity contribution in [3.05, 3.63) is 82.3 Å². The Labute approximate surface area is 162 Å². The molecule has 0 radical (unpaired) electrons. The molecule has 0 saturated heterocycles. The van der Waals surface area contributed by atoms with E-state index in [0.717, 1.165) is 15.6 Å². The summed E-state index contributed by atoms with van der Waals surface area (Å²) in [6.07, 6.45) is 0. The molecule has 6 heteroatoms. The summed E-state index contributed by atoms with van der Waals surface area (Å²) in [4.78, 5) is 0.180. The van der Waals surface area contributed by atoms with Gasteiger partial charge in [0.25, 0.3) is 10.0 Å². The second-order valence-corrected chi connectivity index (χ2v) is 8.61. The number of aryl methyl sites for hydroxylation is 2. The zero-order chi connectivity index (χ0) is 18.7. The molecule has 0 heterocycles. The van der Waals surface area contributed by atoms with E-state index >= 15 is 0 Å². The summed E-state index contributed by atoms with van der Waals surface area (Å²) in [7, 11) is -3.65. The number of benzene rings is 3. The molecule has 0 fully saturated rings. The van der Waals surface area contributed by atoms with E-state index in [1.165, 1.54) is 12.1 Å². The minimum absolute atomic E-state index is 0.180. The molecular weight excluding hydrogens is 414 g/mol. The van der Waals surface area contributed by atoms with Crippen LogP contribution >= 0.6 is 15.9 Å². The Kier molecular flexibility index (Phi) is 5.34. The lowest BCUT2D eigenvalue weighted by atomic mass is 10.1. The van der Waals surface area contributed by atoms with Gasteiger partial charge in [0.2, 0.25) is 0 Å². The van der Waals surface area contributed by atoms with Gasteiger partial charge in [-0.1, -0.05) is 22.0 Å². The van der Waals surface area contributed by atoms with Crippen LogP contribution in [0.5, 0.6) is 11.5 Å². The predicted octanol–water partition coefficient (Wildman–Crippen LogP) is 5.66.